The second-order valence-electron chi connectivity index (χ2n) is 14.4. The molecule has 4 aromatic rings. The van der Waals surface area contributed by atoms with Crippen molar-refractivity contribution in [2.24, 2.45) is 5.41 Å². The molecule has 2 aromatic carbocycles. The lowest BCUT2D eigenvalue weighted by atomic mass is 9.89. The first kappa shape index (κ1) is 30.6. The Labute approximate surface area is 269 Å². The third kappa shape index (κ3) is 4.81. The van der Waals surface area contributed by atoms with Crippen molar-refractivity contribution in [1.29, 1.82) is 0 Å². The lowest BCUT2D eigenvalue weighted by Crippen LogP contribution is -2.46. The van der Waals surface area contributed by atoms with E-state index in [0.717, 1.165) is 13.0 Å². The predicted molar refractivity (Wildman–Crippen MR) is 169 cm³/mol. The lowest BCUT2D eigenvalue weighted by molar-refractivity contribution is 0.0446. The molecule has 248 valence electrons. The first-order valence-corrected chi connectivity index (χ1v) is 16.4. The molecule has 8 nitrogen and oxygen atoms in total. The molecule has 1 spiro atoms. The maximum Gasteiger partial charge on any atom is 0.319 e. The average molecular weight is 652 g/mol. The molecule has 12 heteroatoms. The van der Waals surface area contributed by atoms with Gasteiger partial charge in [0.05, 0.1) is 21.9 Å². The van der Waals surface area contributed by atoms with Gasteiger partial charge in [-0.1, -0.05) is 13.0 Å². The highest BCUT2D eigenvalue weighted by molar-refractivity contribution is 6.01. The summed E-state index contributed by atoms with van der Waals surface area (Å²) in [6.45, 7) is 5.48. The van der Waals surface area contributed by atoms with E-state index >= 15 is 4.39 Å². The average Bonchev–Trinajstić information content (AvgIpc) is 3.24. The number of aromatic nitrogens is 3. The molecule has 2 aromatic heterocycles. The Morgan fingerprint density at radius 1 is 1.02 bits per heavy atom. The van der Waals surface area contributed by atoms with Gasteiger partial charge in [0, 0.05) is 37.8 Å². The van der Waals surface area contributed by atoms with E-state index in [2.05, 4.69) is 14.9 Å². The minimum Gasteiger partial charge on any atom is -0.508 e. The Bertz CT molecular complexity index is 1940. The normalized spacial score (nSPS) is 28.4. The molecule has 8 rings (SSSR count). The molecular formula is C35H37F4N5O3. The molecule has 3 saturated heterocycles. The third-order valence-electron chi connectivity index (χ3n) is 11.0. The van der Waals surface area contributed by atoms with Crippen molar-refractivity contribution in [3.8, 4) is 23.0 Å². The standard InChI is InChI=1S/C35H37F4N5O3/c1-3-22-25(36)7-6-20-12-21(45)13-23(26(20)22)28-27(37)29-24(14-40-28)30(43-10-4-8-32(2,46)17-43)42-31(41-29)47-19-34-9-5-11-44(34)18-33(15-34)16-35(33,38)39/h6-7,12-14,45-46H,3-5,8-11,15-19H2,1-2H3. The lowest BCUT2D eigenvalue weighted by Gasteiger charge is -2.38. The van der Waals surface area contributed by atoms with Crippen LogP contribution in [-0.4, -0.2) is 79.9 Å². The van der Waals surface area contributed by atoms with Gasteiger partial charge in [0.1, 0.15) is 35.2 Å². The molecular weight excluding hydrogens is 614 g/mol. The molecule has 1 aliphatic carbocycles. The first-order valence-electron chi connectivity index (χ1n) is 16.4. The minimum absolute atomic E-state index is 0.0800. The third-order valence-corrected chi connectivity index (χ3v) is 11.0. The molecule has 0 bridgehead atoms. The number of aryl methyl sites for hydroxylation is 1. The maximum absolute atomic E-state index is 16.8. The van der Waals surface area contributed by atoms with Gasteiger partial charge in [-0.3, -0.25) is 9.88 Å². The Morgan fingerprint density at radius 2 is 1.81 bits per heavy atom. The highest BCUT2D eigenvalue weighted by Gasteiger charge is 2.77. The number of aromatic hydroxyl groups is 1. The van der Waals surface area contributed by atoms with E-state index in [1.54, 1.807) is 13.8 Å². The highest BCUT2D eigenvalue weighted by Crippen LogP contribution is 2.69. The van der Waals surface area contributed by atoms with Crippen molar-refractivity contribution in [2.45, 2.75) is 75.9 Å². The number of nitrogens with zero attached hydrogens (tertiary/aromatic N) is 5. The first-order chi connectivity index (χ1) is 22.3. The number of fused-ring (bicyclic) bond motifs is 3. The van der Waals surface area contributed by atoms with Gasteiger partial charge in [0.25, 0.3) is 5.92 Å². The summed E-state index contributed by atoms with van der Waals surface area (Å²) in [5, 5.41) is 22.8. The number of anilines is 1. The highest BCUT2D eigenvalue weighted by atomic mass is 19.3. The van der Waals surface area contributed by atoms with Crippen molar-refractivity contribution in [3.63, 3.8) is 0 Å². The predicted octanol–water partition coefficient (Wildman–Crippen LogP) is 6.38. The zero-order valence-corrected chi connectivity index (χ0v) is 26.4. The molecule has 1 saturated carbocycles. The molecule has 0 radical (unpaired) electrons. The SMILES string of the molecule is CCc1c(F)ccc2cc(O)cc(-c3ncc4c(N5CCCC(C)(O)C5)nc(OCC56CCCN5CC5(C6)CC5(F)F)nc4c3F)c12. The zero-order valence-electron chi connectivity index (χ0n) is 26.4. The topological polar surface area (TPSA) is 94.8 Å². The van der Waals surface area contributed by atoms with E-state index in [-0.39, 0.29) is 48.1 Å². The molecule has 2 N–H and O–H groups in total. The number of ether oxygens (including phenoxy) is 1. The van der Waals surface area contributed by atoms with E-state index in [0.29, 0.717) is 72.7 Å². The number of hydrogen-bond acceptors (Lipinski definition) is 8. The van der Waals surface area contributed by atoms with E-state index < -0.39 is 34.1 Å². The summed E-state index contributed by atoms with van der Waals surface area (Å²) in [6, 6.07) is 5.64. The van der Waals surface area contributed by atoms with Crippen LogP contribution >= 0.6 is 0 Å². The Morgan fingerprint density at radius 3 is 2.55 bits per heavy atom. The van der Waals surface area contributed by atoms with Crippen molar-refractivity contribution in [2.75, 3.05) is 37.7 Å². The van der Waals surface area contributed by atoms with Gasteiger partial charge in [-0.05, 0) is 86.5 Å². The summed E-state index contributed by atoms with van der Waals surface area (Å²) in [6.07, 6.45) is 4.87. The van der Waals surface area contributed by atoms with Gasteiger partial charge in [-0.2, -0.15) is 9.97 Å². The molecule has 4 fully saturated rings. The van der Waals surface area contributed by atoms with Crippen LogP contribution in [0.2, 0.25) is 0 Å². The smallest absolute Gasteiger partial charge is 0.319 e. The summed E-state index contributed by atoms with van der Waals surface area (Å²) < 4.78 is 66.9. The van der Waals surface area contributed by atoms with Crippen LogP contribution in [0.3, 0.4) is 0 Å². The fourth-order valence-electron chi connectivity index (χ4n) is 8.60. The minimum atomic E-state index is -2.68. The van der Waals surface area contributed by atoms with Crippen LogP contribution in [-0.2, 0) is 6.42 Å². The molecule has 3 atom stereocenters. The number of piperidine rings is 1. The van der Waals surface area contributed by atoms with E-state index in [1.165, 1.54) is 30.5 Å². The summed E-state index contributed by atoms with van der Waals surface area (Å²) >= 11 is 0. The maximum atomic E-state index is 16.8. The fourth-order valence-corrected chi connectivity index (χ4v) is 8.60. The summed E-state index contributed by atoms with van der Waals surface area (Å²) in [4.78, 5) is 17.7. The molecule has 0 amide bonds. The van der Waals surface area contributed by atoms with Crippen LogP contribution in [0.5, 0.6) is 11.8 Å². The van der Waals surface area contributed by atoms with Crippen molar-refractivity contribution in [1.82, 2.24) is 19.9 Å². The number of phenols is 1. The number of benzene rings is 2. The largest absolute Gasteiger partial charge is 0.508 e. The van der Waals surface area contributed by atoms with Gasteiger partial charge in [0.2, 0.25) is 0 Å². The number of halogens is 4. The Hall–Kier alpha value is -3.77. The second-order valence-corrected chi connectivity index (χ2v) is 14.4. The zero-order chi connectivity index (χ0) is 32.9. The van der Waals surface area contributed by atoms with Crippen molar-refractivity contribution in [3.05, 3.63) is 47.7 Å². The van der Waals surface area contributed by atoms with Crippen LogP contribution in [0.1, 0.15) is 57.9 Å². The van der Waals surface area contributed by atoms with Gasteiger partial charge < -0.3 is 19.8 Å². The molecule has 5 heterocycles. The van der Waals surface area contributed by atoms with Crippen LogP contribution < -0.4 is 9.64 Å². The number of β-amino-alcohol motifs (C(OH)–C–C–N with tert-alkyl or cyclic N) is 1. The van der Waals surface area contributed by atoms with Crippen molar-refractivity contribution >= 4 is 27.5 Å². The van der Waals surface area contributed by atoms with Gasteiger partial charge in [-0.25, -0.2) is 17.6 Å². The Balaban J connectivity index is 1.25. The number of rotatable bonds is 6. The van der Waals surface area contributed by atoms with Crippen molar-refractivity contribution < 1.29 is 32.5 Å². The fraction of sp³-hybridized carbons (Fsp3) is 0.514. The molecule has 47 heavy (non-hydrogen) atoms. The van der Waals surface area contributed by atoms with E-state index in [4.69, 9.17) is 9.72 Å². The summed E-state index contributed by atoms with van der Waals surface area (Å²) in [5.74, 6) is -3.69. The summed E-state index contributed by atoms with van der Waals surface area (Å²) in [5.41, 5.74) is -2.19. The van der Waals surface area contributed by atoms with E-state index in [1.807, 2.05) is 4.90 Å². The van der Waals surface area contributed by atoms with Gasteiger partial charge >= 0.3 is 6.01 Å². The van der Waals surface area contributed by atoms with Gasteiger partial charge in [0.15, 0.2) is 5.82 Å². The number of aliphatic hydroxyl groups is 1. The summed E-state index contributed by atoms with van der Waals surface area (Å²) in [7, 11) is 0. The monoisotopic (exact) mass is 651 g/mol. The van der Waals surface area contributed by atoms with Crippen LogP contribution in [0.25, 0.3) is 32.9 Å². The van der Waals surface area contributed by atoms with Crippen LogP contribution in [0.15, 0.2) is 30.5 Å². The van der Waals surface area contributed by atoms with Crippen LogP contribution in [0.4, 0.5) is 23.4 Å². The molecule has 3 unspecified atom stereocenters. The number of pyridine rings is 1. The number of hydrogen-bond donors (Lipinski definition) is 2. The number of phenolic OH excluding ortho intramolecular Hbond substituents is 1. The Kier molecular flexibility index (Phi) is 6.74. The second kappa shape index (κ2) is 10.4. The molecule has 4 aliphatic rings. The van der Waals surface area contributed by atoms with Gasteiger partial charge in [-0.15, -0.1) is 0 Å². The van der Waals surface area contributed by atoms with Crippen LogP contribution in [0, 0.1) is 17.0 Å². The van der Waals surface area contributed by atoms with E-state index in [9.17, 15) is 23.4 Å². The number of alkyl halides is 2. The quantitative estimate of drug-likeness (QED) is 0.232. The molecule has 3 aliphatic heterocycles.